The second-order valence-electron chi connectivity index (χ2n) is 7.64. The van der Waals surface area contributed by atoms with Gasteiger partial charge in [-0.25, -0.2) is 14.8 Å². The van der Waals surface area contributed by atoms with Gasteiger partial charge in [0.2, 0.25) is 0 Å². The Morgan fingerprint density at radius 1 is 0.912 bits per heavy atom. The molecule has 1 amide bonds. The van der Waals surface area contributed by atoms with Crippen LogP contribution in [0.2, 0.25) is 0 Å². The molecular formula is C24H34N4O6. The van der Waals surface area contributed by atoms with Crippen molar-refractivity contribution in [3.63, 3.8) is 0 Å². The number of unbranched alkanes of at least 4 members (excludes halogenated alkanes) is 1. The van der Waals surface area contributed by atoms with Crippen LogP contribution < -0.4 is 19.1 Å². The van der Waals surface area contributed by atoms with Crippen molar-refractivity contribution in [2.45, 2.75) is 19.8 Å². The molecule has 0 bridgehead atoms. The molecule has 1 aromatic heterocycles. The molecule has 0 unspecified atom stereocenters. The Labute approximate surface area is 200 Å². The Balaban J connectivity index is 1.44. The van der Waals surface area contributed by atoms with Gasteiger partial charge >= 0.3 is 6.09 Å². The van der Waals surface area contributed by atoms with E-state index < -0.39 is 0 Å². The Bertz CT molecular complexity index is 876. The van der Waals surface area contributed by atoms with Crippen LogP contribution in [0, 0.1) is 0 Å². The van der Waals surface area contributed by atoms with Gasteiger partial charge in [-0.3, -0.25) is 0 Å². The number of hydrogen-bond acceptors (Lipinski definition) is 9. The first-order valence-corrected chi connectivity index (χ1v) is 11.7. The van der Waals surface area contributed by atoms with Crippen LogP contribution in [-0.4, -0.2) is 87.3 Å². The average molecular weight is 475 g/mol. The summed E-state index contributed by atoms with van der Waals surface area (Å²) in [6.07, 6.45) is 4.86. The smallest absolute Gasteiger partial charge is 0.409 e. The number of aromatic nitrogens is 2. The minimum Gasteiger partial charge on any atom is -0.491 e. The molecule has 2 heterocycles. The van der Waals surface area contributed by atoms with E-state index in [4.69, 9.17) is 23.7 Å². The summed E-state index contributed by atoms with van der Waals surface area (Å²) in [7, 11) is 1.64. The molecule has 0 aliphatic carbocycles. The summed E-state index contributed by atoms with van der Waals surface area (Å²) in [5, 5.41) is 0. The van der Waals surface area contributed by atoms with Crippen LogP contribution in [0.1, 0.15) is 19.8 Å². The van der Waals surface area contributed by atoms with Gasteiger partial charge in [0, 0.05) is 51.7 Å². The quantitative estimate of drug-likeness (QED) is 0.406. The first kappa shape index (κ1) is 25.4. The van der Waals surface area contributed by atoms with Crippen LogP contribution in [0.5, 0.6) is 17.4 Å². The number of benzene rings is 1. The van der Waals surface area contributed by atoms with Crippen molar-refractivity contribution in [2.24, 2.45) is 0 Å². The number of rotatable bonds is 13. The van der Waals surface area contributed by atoms with Crippen LogP contribution in [-0.2, 0) is 9.47 Å². The molecule has 1 aliphatic rings. The first-order valence-electron chi connectivity index (χ1n) is 11.7. The second-order valence-corrected chi connectivity index (χ2v) is 7.64. The molecule has 2 aromatic rings. The average Bonchev–Trinajstić information content (AvgIpc) is 2.87. The highest BCUT2D eigenvalue weighted by atomic mass is 16.6. The summed E-state index contributed by atoms with van der Waals surface area (Å²) in [5.41, 5.74) is 0. The van der Waals surface area contributed by atoms with Crippen molar-refractivity contribution < 1.29 is 28.5 Å². The predicted octanol–water partition coefficient (Wildman–Crippen LogP) is 3.02. The molecule has 1 aliphatic heterocycles. The number of anilines is 1. The van der Waals surface area contributed by atoms with Gasteiger partial charge in [0.05, 0.1) is 13.2 Å². The zero-order valence-corrected chi connectivity index (χ0v) is 20.0. The van der Waals surface area contributed by atoms with E-state index in [0.717, 1.165) is 18.6 Å². The number of methoxy groups -OCH3 is 1. The molecule has 1 aromatic carbocycles. The number of nitrogens with zero attached hydrogens (tertiary/aromatic N) is 4. The van der Waals surface area contributed by atoms with E-state index in [9.17, 15) is 4.79 Å². The lowest BCUT2D eigenvalue weighted by atomic mass is 10.3. The number of carbonyl (C=O) groups is 1. The highest BCUT2D eigenvalue weighted by Gasteiger charge is 2.25. The summed E-state index contributed by atoms with van der Waals surface area (Å²) in [4.78, 5) is 24.8. The minimum atomic E-state index is -0.256. The van der Waals surface area contributed by atoms with Crippen LogP contribution in [0.3, 0.4) is 0 Å². The highest BCUT2D eigenvalue weighted by molar-refractivity contribution is 5.68. The molecule has 186 valence electrons. The Kier molecular flexibility index (Phi) is 10.5. The third-order valence-corrected chi connectivity index (χ3v) is 5.16. The van der Waals surface area contributed by atoms with Crippen molar-refractivity contribution in [1.82, 2.24) is 14.9 Å². The Morgan fingerprint density at radius 3 is 2.29 bits per heavy atom. The SMILES string of the molecule is CCCCOC(=O)N1CCN(c2nccnc2OCCOc2cccc(OCCOC)c2)CC1. The monoisotopic (exact) mass is 474 g/mol. The van der Waals surface area contributed by atoms with E-state index in [-0.39, 0.29) is 6.09 Å². The molecule has 1 fully saturated rings. The zero-order chi connectivity index (χ0) is 24.0. The molecule has 1 saturated heterocycles. The summed E-state index contributed by atoms with van der Waals surface area (Å²) >= 11 is 0. The number of ether oxygens (including phenoxy) is 5. The first-order chi connectivity index (χ1) is 16.7. The van der Waals surface area contributed by atoms with E-state index in [1.165, 1.54) is 0 Å². The highest BCUT2D eigenvalue weighted by Crippen LogP contribution is 2.24. The van der Waals surface area contributed by atoms with Crippen LogP contribution in [0.25, 0.3) is 0 Å². The molecule has 10 heteroatoms. The maximum Gasteiger partial charge on any atom is 0.409 e. The molecule has 34 heavy (non-hydrogen) atoms. The lowest BCUT2D eigenvalue weighted by Gasteiger charge is -2.35. The van der Waals surface area contributed by atoms with Crippen molar-refractivity contribution >= 4 is 11.9 Å². The van der Waals surface area contributed by atoms with E-state index in [2.05, 4.69) is 21.8 Å². The Morgan fingerprint density at radius 2 is 1.59 bits per heavy atom. The molecule has 0 atom stereocenters. The van der Waals surface area contributed by atoms with Gasteiger partial charge in [0.15, 0.2) is 5.82 Å². The molecule has 0 saturated carbocycles. The van der Waals surface area contributed by atoms with Crippen molar-refractivity contribution in [2.75, 3.05) is 71.2 Å². The number of amides is 1. The van der Waals surface area contributed by atoms with Crippen LogP contribution in [0.15, 0.2) is 36.7 Å². The van der Waals surface area contributed by atoms with Crippen molar-refractivity contribution in [3.8, 4) is 17.4 Å². The van der Waals surface area contributed by atoms with E-state index in [1.54, 1.807) is 24.4 Å². The predicted molar refractivity (Wildman–Crippen MR) is 127 cm³/mol. The summed E-state index contributed by atoms with van der Waals surface area (Å²) in [6.45, 7) is 6.57. The largest absolute Gasteiger partial charge is 0.491 e. The molecule has 0 radical (unpaired) electrons. The van der Waals surface area contributed by atoms with Crippen LogP contribution in [0.4, 0.5) is 10.6 Å². The van der Waals surface area contributed by atoms with Gasteiger partial charge < -0.3 is 33.5 Å². The molecule has 3 rings (SSSR count). The van der Waals surface area contributed by atoms with Crippen molar-refractivity contribution in [3.05, 3.63) is 36.7 Å². The van der Waals surface area contributed by atoms with Gasteiger partial charge in [-0.2, -0.15) is 0 Å². The van der Waals surface area contributed by atoms with Gasteiger partial charge in [-0.05, 0) is 18.6 Å². The maximum absolute atomic E-state index is 12.2. The summed E-state index contributed by atoms with van der Waals surface area (Å²) in [5.74, 6) is 2.52. The van der Waals surface area contributed by atoms with Gasteiger partial charge in [-0.15, -0.1) is 0 Å². The van der Waals surface area contributed by atoms with Crippen molar-refractivity contribution in [1.29, 1.82) is 0 Å². The molecule has 0 spiro atoms. The van der Waals surface area contributed by atoms with Gasteiger partial charge in [-0.1, -0.05) is 19.4 Å². The number of hydrogen-bond donors (Lipinski definition) is 0. The van der Waals surface area contributed by atoms with Crippen LogP contribution >= 0.6 is 0 Å². The zero-order valence-electron chi connectivity index (χ0n) is 20.0. The number of piperazine rings is 1. The fourth-order valence-electron chi connectivity index (χ4n) is 3.33. The lowest BCUT2D eigenvalue weighted by Crippen LogP contribution is -2.49. The van der Waals surface area contributed by atoms with Gasteiger partial charge in [0.1, 0.15) is 31.3 Å². The minimum absolute atomic E-state index is 0.256. The maximum atomic E-state index is 12.2. The third-order valence-electron chi connectivity index (χ3n) is 5.16. The third kappa shape index (κ3) is 7.95. The molecule has 10 nitrogen and oxygen atoms in total. The lowest BCUT2D eigenvalue weighted by molar-refractivity contribution is 0.0988. The second kappa shape index (κ2) is 14.1. The number of carbonyl (C=O) groups excluding carboxylic acids is 1. The Hall–Kier alpha value is -3.27. The fourth-order valence-corrected chi connectivity index (χ4v) is 3.33. The molecule has 0 N–H and O–H groups in total. The fraction of sp³-hybridized carbons (Fsp3) is 0.542. The van der Waals surface area contributed by atoms with E-state index in [1.807, 2.05) is 24.3 Å². The van der Waals surface area contributed by atoms with E-state index in [0.29, 0.717) is 76.7 Å². The topological polar surface area (TPSA) is 95.5 Å². The standard InChI is InChI=1S/C24H34N4O6/c1-3-4-14-34-24(29)28-12-10-27(11-13-28)22-23(26-9-8-25-22)33-18-17-32-21-7-5-6-20(19-21)31-16-15-30-2/h5-9,19H,3-4,10-18H2,1-2H3. The summed E-state index contributed by atoms with van der Waals surface area (Å²) < 4.78 is 27.6. The van der Waals surface area contributed by atoms with E-state index >= 15 is 0 Å². The summed E-state index contributed by atoms with van der Waals surface area (Å²) in [6, 6.07) is 7.44. The normalized spacial score (nSPS) is 13.5. The van der Waals surface area contributed by atoms with Gasteiger partial charge in [0.25, 0.3) is 5.88 Å². The molecular weight excluding hydrogens is 440 g/mol.